The van der Waals surface area contributed by atoms with Crippen LogP contribution < -0.4 is 4.72 Å². The highest BCUT2D eigenvalue weighted by Crippen LogP contribution is 2.20. The Morgan fingerprint density at radius 2 is 2.05 bits per heavy atom. The monoisotopic (exact) mass is 306 g/mol. The Morgan fingerprint density at radius 1 is 1.42 bits per heavy atom. The van der Waals surface area contributed by atoms with Gasteiger partial charge >= 0.3 is 5.97 Å². The molecule has 0 aromatic carbocycles. The minimum atomic E-state index is -3.81. The van der Waals surface area contributed by atoms with Crippen LogP contribution >= 0.6 is 11.3 Å². The first kappa shape index (κ1) is 16.1. The van der Waals surface area contributed by atoms with Crippen LogP contribution in [-0.2, 0) is 10.0 Å². The molecule has 0 aliphatic rings. The van der Waals surface area contributed by atoms with E-state index in [0.717, 1.165) is 17.8 Å². The third-order valence-corrected chi connectivity index (χ3v) is 5.47. The van der Waals surface area contributed by atoms with Crippen LogP contribution in [0.1, 0.15) is 44.1 Å². The normalized spacial score (nSPS) is 13.7. The molecule has 0 saturated heterocycles. The van der Waals surface area contributed by atoms with Gasteiger partial charge < -0.3 is 5.11 Å². The van der Waals surface area contributed by atoms with E-state index in [1.165, 1.54) is 5.51 Å². The van der Waals surface area contributed by atoms with E-state index in [4.69, 9.17) is 5.11 Å². The van der Waals surface area contributed by atoms with Crippen LogP contribution in [0.3, 0.4) is 0 Å². The molecule has 0 amide bonds. The SMILES string of the molecule is CC(C)CCC(C)NS(=O)(=O)c1scnc1C(=O)O. The van der Waals surface area contributed by atoms with Gasteiger partial charge in [0.2, 0.25) is 0 Å². The molecule has 0 spiro atoms. The summed E-state index contributed by atoms with van der Waals surface area (Å²) >= 11 is 0.809. The molecule has 0 radical (unpaired) electrons. The quantitative estimate of drug-likeness (QED) is 0.802. The summed E-state index contributed by atoms with van der Waals surface area (Å²) in [5.74, 6) is -0.846. The first-order chi connectivity index (χ1) is 8.74. The van der Waals surface area contributed by atoms with E-state index in [-0.39, 0.29) is 10.3 Å². The molecule has 19 heavy (non-hydrogen) atoms. The fourth-order valence-corrected chi connectivity index (χ4v) is 3.96. The molecule has 1 rings (SSSR count). The van der Waals surface area contributed by atoms with Gasteiger partial charge in [-0.2, -0.15) is 0 Å². The highest BCUT2D eigenvalue weighted by molar-refractivity contribution is 7.91. The van der Waals surface area contributed by atoms with E-state index in [1.54, 1.807) is 6.92 Å². The molecule has 1 aromatic rings. The predicted molar refractivity (Wildman–Crippen MR) is 72.9 cm³/mol. The fraction of sp³-hybridized carbons (Fsp3) is 0.636. The highest BCUT2D eigenvalue weighted by Gasteiger charge is 2.26. The second kappa shape index (κ2) is 6.44. The minimum absolute atomic E-state index is 0.239. The molecule has 0 saturated carbocycles. The third kappa shape index (κ3) is 4.55. The van der Waals surface area contributed by atoms with Crippen LogP contribution in [-0.4, -0.2) is 30.5 Å². The maximum atomic E-state index is 12.1. The standard InChI is InChI=1S/C11H18N2O4S2/c1-7(2)4-5-8(3)13-19(16,17)11-9(10(14)15)12-6-18-11/h6-8,13H,4-5H2,1-3H3,(H,14,15). The lowest BCUT2D eigenvalue weighted by molar-refractivity contribution is 0.0687. The van der Waals surface area contributed by atoms with Crippen molar-refractivity contribution >= 4 is 27.3 Å². The number of aromatic nitrogens is 1. The van der Waals surface area contributed by atoms with Gasteiger partial charge in [-0.25, -0.2) is 22.9 Å². The van der Waals surface area contributed by atoms with E-state index >= 15 is 0 Å². The molecule has 0 aliphatic carbocycles. The van der Waals surface area contributed by atoms with E-state index in [0.29, 0.717) is 12.3 Å². The number of nitrogens with one attached hydrogen (secondary N) is 1. The lowest BCUT2D eigenvalue weighted by Crippen LogP contribution is -2.33. The summed E-state index contributed by atoms with van der Waals surface area (Å²) in [6.45, 7) is 5.89. The minimum Gasteiger partial charge on any atom is -0.476 e. The van der Waals surface area contributed by atoms with E-state index in [9.17, 15) is 13.2 Å². The first-order valence-electron chi connectivity index (χ1n) is 5.93. The van der Waals surface area contributed by atoms with Crippen LogP contribution in [0, 0.1) is 5.92 Å². The number of thiazole rings is 1. The Morgan fingerprint density at radius 3 is 2.58 bits per heavy atom. The fourth-order valence-electron chi connectivity index (χ4n) is 1.53. The molecule has 0 bridgehead atoms. The number of nitrogens with zero attached hydrogens (tertiary/aromatic N) is 1. The largest absolute Gasteiger partial charge is 0.476 e. The number of sulfonamides is 1. The number of hydrogen-bond donors (Lipinski definition) is 2. The highest BCUT2D eigenvalue weighted by atomic mass is 32.2. The zero-order valence-electron chi connectivity index (χ0n) is 11.1. The van der Waals surface area contributed by atoms with Gasteiger partial charge in [0.25, 0.3) is 10.0 Å². The van der Waals surface area contributed by atoms with Crippen molar-refractivity contribution < 1.29 is 18.3 Å². The average Bonchev–Trinajstić information content (AvgIpc) is 2.75. The topological polar surface area (TPSA) is 96.4 Å². The number of hydrogen-bond acceptors (Lipinski definition) is 5. The van der Waals surface area contributed by atoms with E-state index < -0.39 is 21.7 Å². The zero-order valence-corrected chi connectivity index (χ0v) is 12.7. The van der Waals surface area contributed by atoms with Crippen LogP contribution in [0.4, 0.5) is 0 Å². The number of carbonyl (C=O) groups is 1. The van der Waals surface area contributed by atoms with Gasteiger partial charge in [0, 0.05) is 6.04 Å². The molecule has 8 heteroatoms. The molecular weight excluding hydrogens is 288 g/mol. The van der Waals surface area contributed by atoms with Crippen molar-refractivity contribution in [2.24, 2.45) is 5.92 Å². The Bertz CT molecular complexity index is 537. The summed E-state index contributed by atoms with van der Waals surface area (Å²) in [5.41, 5.74) is 0.796. The molecule has 0 fully saturated rings. The van der Waals surface area contributed by atoms with Crippen molar-refractivity contribution in [3.05, 3.63) is 11.2 Å². The Labute approximate surface area is 116 Å². The van der Waals surface area contributed by atoms with Gasteiger partial charge in [0.05, 0.1) is 5.51 Å². The van der Waals surface area contributed by atoms with Gasteiger partial charge in [0.1, 0.15) is 0 Å². The Kier molecular flexibility index (Phi) is 5.45. The molecule has 1 atom stereocenters. The van der Waals surface area contributed by atoms with Crippen molar-refractivity contribution in [2.45, 2.75) is 43.9 Å². The summed E-state index contributed by atoms with van der Waals surface area (Å²) in [6.07, 6.45) is 1.61. The molecule has 0 aliphatic heterocycles. The van der Waals surface area contributed by atoms with Crippen molar-refractivity contribution in [1.82, 2.24) is 9.71 Å². The van der Waals surface area contributed by atoms with Crippen molar-refractivity contribution in [3.63, 3.8) is 0 Å². The number of carboxylic acids is 1. The summed E-state index contributed by atoms with van der Waals surface area (Å²) in [6, 6.07) is -0.240. The summed E-state index contributed by atoms with van der Waals surface area (Å²) in [4.78, 5) is 14.4. The number of rotatable bonds is 7. The lowest BCUT2D eigenvalue weighted by Gasteiger charge is -2.14. The van der Waals surface area contributed by atoms with Gasteiger partial charge in [0.15, 0.2) is 9.90 Å². The van der Waals surface area contributed by atoms with E-state index in [1.807, 2.05) is 0 Å². The van der Waals surface area contributed by atoms with Gasteiger partial charge in [-0.15, -0.1) is 11.3 Å². The van der Waals surface area contributed by atoms with Crippen molar-refractivity contribution in [1.29, 1.82) is 0 Å². The summed E-state index contributed by atoms with van der Waals surface area (Å²) in [7, 11) is -3.81. The third-order valence-electron chi connectivity index (χ3n) is 2.51. The van der Waals surface area contributed by atoms with Gasteiger partial charge in [-0.1, -0.05) is 13.8 Å². The Balaban J connectivity index is 2.81. The molecule has 1 unspecified atom stereocenters. The van der Waals surface area contributed by atoms with Crippen molar-refractivity contribution in [2.75, 3.05) is 0 Å². The maximum Gasteiger partial charge on any atom is 0.356 e. The van der Waals surface area contributed by atoms with Crippen molar-refractivity contribution in [3.8, 4) is 0 Å². The first-order valence-corrected chi connectivity index (χ1v) is 8.29. The van der Waals surface area contributed by atoms with Crippen LogP contribution in [0.25, 0.3) is 0 Å². The number of aromatic carboxylic acids is 1. The number of carboxylic acid groups (broad SMARTS) is 1. The maximum absolute atomic E-state index is 12.1. The second-order valence-corrected chi connectivity index (χ2v) is 7.55. The van der Waals surface area contributed by atoms with E-state index in [2.05, 4.69) is 23.6 Å². The molecule has 1 heterocycles. The smallest absolute Gasteiger partial charge is 0.356 e. The second-order valence-electron chi connectivity index (χ2n) is 4.79. The zero-order chi connectivity index (χ0) is 14.6. The van der Waals surface area contributed by atoms with Crippen LogP contribution in [0.2, 0.25) is 0 Å². The summed E-state index contributed by atoms with van der Waals surface area (Å²) < 4.78 is 26.4. The molecular formula is C11H18N2O4S2. The lowest BCUT2D eigenvalue weighted by atomic mass is 10.1. The summed E-state index contributed by atoms with van der Waals surface area (Å²) in [5, 5.41) is 8.88. The van der Waals surface area contributed by atoms with Gasteiger partial charge in [-0.05, 0) is 25.7 Å². The molecule has 1 aromatic heterocycles. The molecule has 6 nitrogen and oxygen atoms in total. The predicted octanol–water partition coefficient (Wildman–Crippen LogP) is 1.94. The average molecular weight is 306 g/mol. The van der Waals surface area contributed by atoms with Crippen LogP contribution in [0.15, 0.2) is 9.72 Å². The van der Waals surface area contributed by atoms with Gasteiger partial charge in [-0.3, -0.25) is 0 Å². The Hall–Kier alpha value is -0.990. The molecule has 2 N–H and O–H groups in total. The molecule has 108 valence electrons. The van der Waals surface area contributed by atoms with Crippen LogP contribution in [0.5, 0.6) is 0 Å².